The number of ether oxygens (including phenoxy) is 1. The van der Waals surface area contributed by atoms with E-state index in [0.29, 0.717) is 17.3 Å². The summed E-state index contributed by atoms with van der Waals surface area (Å²) >= 11 is 0. The van der Waals surface area contributed by atoms with E-state index in [1.54, 1.807) is 37.6 Å². The van der Waals surface area contributed by atoms with Gasteiger partial charge in [-0.25, -0.2) is 8.42 Å². The van der Waals surface area contributed by atoms with E-state index in [1.165, 1.54) is 4.31 Å². The minimum atomic E-state index is -3.73. The average Bonchev–Trinajstić information content (AvgIpc) is 2.99. The standard InChI is InChI=1S/C16H20N2O4S/c1-11-5-6-15(14-4-3-7-17-16(11)14)23(20,21)18-9-13(22-2)8-12(18)10-19/h3-7,12-13,19H,8-10H2,1-2H3/t12-,13-/m0/s1. The lowest BCUT2D eigenvalue weighted by Crippen LogP contribution is -2.38. The molecular formula is C16H20N2O4S. The molecule has 0 radical (unpaired) electrons. The normalized spacial score (nSPS) is 22.7. The zero-order chi connectivity index (χ0) is 16.6. The van der Waals surface area contributed by atoms with E-state index in [9.17, 15) is 13.5 Å². The number of rotatable bonds is 4. The van der Waals surface area contributed by atoms with Crippen LogP contribution in [0.3, 0.4) is 0 Å². The minimum Gasteiger partial charge on any atom is -0.395 e. The van der Waals surface area contributed by atoms with Crippen LogP contribution in [-0.2, 0) is 14.8 Å². The summed E-state index contributed by atoms with van der Waals surface area (Å²) in [6, 6.07) is 6.41. The highest BCUT2D eigenvalue weighted by atomic mass is 32.2. The fourth-order valence-corrected chi connectivity index (χ4v) is 4.96. The predicted octanol–water partition coefficient (Wildman–Crippen LogP) is 1.31. The molecule has 0 amide bonds. The van der Waals surface area contributed by atoms with Crippen molar-refractivity contribution >= 4 is 20.9 Å². The van der Waals surface area contributed by atoms with Crippen molar-refractivity contribution in [3.05, 3.63) is 36.0 Å². The van der Waals surface area contributed by atoms with Crippen LogP contribution in [0.25, 0.3) is 10.9 Å². The van der Waals surface area contributed by atoms with Gasteiger partial charge in [-0.05, 0) is 37.1 Å². The summed E-state index contributed by atoms with van der Waals surface area (Å²) in [5, 5.41) is 10.1. The third kappa shape index (κ3) is 2.74. The number of hydrogen-bond donors (Lipinski definition) is 1. The molecule has 0 saturated carbocycles. The summed E-state index contributed by atoms with van der Waals surface area (Å²) in [5.74, 6) is 0. The molecule has 0 unspecified atom stereocenters. The number of aliphatic hydroxyl groups excluding tert-OH is 1. The minimum absolute atomic E-state index is 0.197. The summed E-state index contributed by atoms with van der Waals surface area (Å²) < 4.78 is 32.9. The number of aliphatic hydroxyl groups is 1. The number of aromatic nitrogens is 1. The molecule has 1 aliphatic rings. The van der Waals surface area contributed by atoms with Gasteiger partial charge in [-0.2, -0.15) is 4.31 Å². The molecule has 1 fully saturated rings. The summed E-state index contributed by atoms with van der Waals surface area (Å²) in [6.07, 6.45) is 1.95. The summed E-state index contributed by atoms with van der Waals surface area (Å²) in [7, 11) is -2.18. The Morgan fingerprint density at radius 3 is 2.87 bits per heavy atom. The Labute approximate surface area is 135 Å². The molecule has 2 heterocycles. The predicted molar refractivity (Wildman–Crippen MR) is 86.7 cm³/mol. The van der Waals surface area contributed by atoms with Crippen LogP contribution in [0.1, 0.15) is 12.0 Å². The smallest absolute Gasteiger partial charge is 0.244 e. The summed E-state index contributed by atoms with van der Waals surface area (Å²) in [5.41, 5.74) is 1.60. The maximum absolute atomic E-state index is 13.1. The fraction of sp³-hybridized carbons (Fsp3) is 0.438. The molecular weight excluding hydrogens is 316 g/mol. The Morgan fingerprint density at radius 2 is 2.17 bits per heavy atom. The molecule has 2 atom stereocenters. The number of sulfonamides is 1. The monoisotopic (exact) mass is 336 g/mol. The molecule has 1 aliphatic heterocycles. The van der Waals surface area contributed by atoms with Crippen LogP contribution >= 0.6 is 0 Å². The van der Waals surface area contributed by atoms with Crippen molar-refractivity contribution in [1.29, 1.82) is 0 Å². The lowest BCUT2D eigenvalue weighted by molar-refractivity contribution is 0.113. The maximum Gasteiger partial charge on any atom is 0.244 e. The van der Waals surface area contributed by atoms with Crippen LogP contribution in [0.5, 0.6) is 0 Å². The Balaban J connectivity index is 2.12. The van der Waals surface area contributed by atoms with Gasteiger partial charge < -0.3 is 9.84 Å². The van der Waals surface area contributed by atoms with Crippen LogP contribution in [0, 0.1) is 6.92 Å². The SMILES string of the molecule is CO[C@H]1C[C@@H](CO)N(S(=O)(=O)c2ccc(C)c3ncccc23)C1. The molecule has 23 heavy (non-hydrogen) atoms. The Morgan fingerprint density at radius 1 is 1.39 bits per heavy atom. The van der Waals surface area contributed by atoms with E-state index in [1.807, 2.05) is 6.92 Å². The highest BCUT2D eigenvalue weighted by Crippen LogP contribution is 2.31. The second-order valence-electron chi connectivity index (χ2n) is 5.78. The van der Waals surface area contributed by atoms with Gasteiger partial charge in [0.2, 0.25) is 10.0 Å². The second kappa shape index (κ2) is 6.16. The van der Waals surface area contributed by atoms with Crippen LogP contribution in [0.2, 0.25) is 0 Å². The number of aryl methyl sites for hydroxylation is 1. The molecule has 124 valence electrons. The van der Waals surface area contributed by atoms with Gasteiger partial charge in [-0.3, -0.25) is 4.98 Å². The first-order valence-electron chi connectivity index (χ1n) is 7.49. The molecule has 0 bridgehead atoms. The number of pyridine rings is 1. The Kier molecular flexibility index (Phi) is 4.37. The third-order valence-corrected chi connectivity index (χ3v) is 6.36. The van der Waals surface area contributed by atoms with E-state index in [4.69, 9.17) is 4.74 Å². The number of hydrogen-bond acceptors (Lipinski definition) is 5. The third-order valence-electron chi connectivity index (χ3n) is 4.39. The quantitative estimate of drug-likeness (QED) is 0.911. The summed E-state index contributed by atoms with van der Waals surface area (Å²) in [4.78, 5) is 4.52. The van der Waals surface area contributed by atoms with Crippen molar-refractivity contribution in [2.45, 2.75) is 30.4 Å². The van der Waals surface area contributed by atoms with Crippen LogP contribution < -0.4 is 0 Å². The van der Waals surface area contributed by atoms with E-state index in [0.717, 1.165) is 5.56 Å². The molecule has 2 aromatic rings. The fourth-order valence-electron chi connectivity index (χ4n) is 3.12. The molecule has 3 rings (SSSR count). The van der Waals surface area contributed by atoms with Crippen molar-refractivity contribution in [2.24, 2.45) is 0 Å². The maximum atomic E-state index is 13.1. The molecule has 7 heteroatoms. The first kappa shape index (κ1) is 16.3. The van der Waals surface area contributed by atoms with E-state index in [2.05, 4.69) is 4.98 Å². The van der Waals surface area contributed by atoms with Crippen LogP contribution in [0.15, 0.2) is 35.4 Å². The largest absolute Gasteiger partial charge is 0.395 e. The van der Waals surface area contributed by atoms with Gasteiger partial charge in [0, 0.05) is 25.2 Å². The number of nitrogens with zero attached hydrogens (tertiary/aromatic N) is 2. The number of benzene rings is 1. The molecule has 1 aromatic carbocycles. The Hall–Kier alpha value is -1.54. The van der Waals surface area contributed by atoms with Crippen LogP contribution in [0.4, 0.5) is 0 Å². The van der Waals surface area contributed by atoms with Crippen molar-refractivity contribution in [2.75, 3.05) is 20.3 Å². The van der Waals surface area contributed by atoms with E-state index < -0.39 is 16.1 Å². The first-order valence-corrected chi connectivity index (χ1v) is 8.93. The van der Waals surface area contributed by atoms with E-state index in [-0.39, 0.29) is 24.2 Å². The van der Waals surface area contributed by atoms with Gasteiger partial charge in [0.25, 0.3) is 0 Å². The highest BCUT2D eigenvalue weighted by Gasteiger charge is 2.40. The molecule has 0 spiro atoms. The van der Waals surface area contributed by atoms with Gasteiger partial charge in [0.1, 0.15) is 0 Å². The number of methoxy groups -OCH3 is 1. The Bertz CT molecular complexity index is 822. The highest BCUT2D eigenvalue weighted by molar-refractivity contribution is 7.89. The van der Waals surface area contributed by atoms with Gasteiger partial charge in [0.05, 0.1) is 29.2 Å². The van der Waals surface area contributed by atoms with Crippen molar-refractivity contribution < 1.29 is 18.3 Å². The summed E-state index contributed by atoms with van der Waals surface area (Å²) in [6.45, 7) is 1.93. The number of fused-ring (bicyclic) bond motifs is 1. The molecule has 1 N–H and O–H groups in total. The van der Waals surface area contributed by atoms with Gasteiger partial charge in [0.15, 0.2) is 0 Å². The zero-order valence-corrected chi connectivity index (χ0v) is 14.0. The van der Waals surface area contributed by atoms with Crippen LogP contribution in [-0.4, -0.2) is 55.2 Å². The zero-order valence-electron chi connectivity index (χ0n) is 13.1. The molecule has 0 aliphatic carbocycles. The van der Waals surface area contributed by atoms with Gasteiger partial charge >= 0.3 is 0 Å². The van der Waals surface area contributed by atoms with Crippen molar-refractivity contribution in [3.63, 3.8) is 0 Å². The molecule has 1 aromatic heterocycles. The van der Waals surface area contributed by atoms with Crippen molar-refractivity contribution in [3.8, 4) is 0 Å². The first-order chi connectivity index (χ1) is 11.0. The molecule has 6 nitrogen and oxygen atoms in total. The van der Waals surface area contributed by atoms with E-state index >= 15 is 0 Å². The lowest BCUT2D eigenvalue weighted by atomic mass is 10.1. The van der Waals surface area contributed by atoms with Gasteiger partial charge in [-0.15, -0.1) is 0 Å². The average molecular weight is 336 g/mol. The molecule has 1 saturated heterocycles. The van der Waals surface area contributed by atoms with Gasteiger partial charge in [-0.1, -0.05) is 6.07 Å². The lowest BCUT2D eigenvalue weighted by Gasteiger charge is -2.23. The second-order valence-corrected chi connectivity index (χ2v) is 7.64. The topological polar surface area (TPSA) is 79.7 Å². The van der Waals surface area contributed by atoms with Crippen molar-refractivity contribution in [1.82, 2.24) is 9.29 Å².